The number of benzene rings is 2. The Morgan fingerprint density at radius 3 is 2.67 bits per heavy atom. The van der Waals surface area contributed by atoms with Gasteiger partial charge in [0.2, 0.25) is 0 Å². The first-order valence-corrected chi connectivity index (χ1v) is 6.47. The molecule has 2 nitrogen and oxygen atoms in total. The van der Waals surface area contributed by atoms with Crippen LogP contribution >= 0.6 is 22.6 Å². The molecule has 1 amide bonds. The van der Waals surface area contributed by atoms with E-state index in [-0.39, 0.29) is 11.7 Å². The van der Waals surface area contributed by atoms with Gasteiger partial charge < -0.3 is 5.32 Å². The predicted molar refractivity (Wildman–Crippen MR) is 78.2 cm³/mol. The van der Waals surface area contributed by atoms with Crippen LogP contribution in [0.25, 0.3) is 0 Å². The van der Waals surface area contributed by atoms with E-state index in [4.69, 9.17) is 0 Å². The van der Waals surface area contributed by atoms with Gasteiger partial charge in [-0.3, -0.25) is 4.79 Å². The number of amides is 1. The summed E-state index contributed by atoms with van der Waals surface area (Å²) in [6.07, 6.45) is 0. The first kappa shape index (κ1) is 13.0. The van der Waals surface area contributed by atoms with Crippen LogP contribution in [0.3, 0.4) is 0 Å². The average Bonchev–Trinajstić information content (AvgIpc) is 2.32. The van der Waals surface area contributed by atoms with Crippen molar-refractivity contribution in [1.82, 2.24) is 0 Å². The monoisotopic (exact) mass is 355 g/mol. The third-order valence-electron chi connectivity index (χ3n) is 2.52. The Hall–Kier alpha value is -1.43. The maximum Gasteiger partial charge on any atom is 0.255 e. The highest BCUT2D eigenvalue weighted by Gasteiger charge is 2.08. The van der Waals surface area contributed by atoms with Crippen LogP contribution in [0.2, 0.25) is 0 Å². The molecule has 0 bridgehead atoms. The Bertz CT molecular complexity index is 598. The van der Waals surface area contributed by atoms with Crippen molar-refractivity contribution in [3.63, 3.8) is 0 Å². The molecule has 0 fully saturated rings. The lowest BCUT2D eigenvalue weighted by Gasteiger charge is -2.06. The molecule has 0 aliphatic carbocycles. The van der Waals surface area contributed by atoms with Gasteiger partial charge in [-0.1, -0.05) is 12.1 Å². The van der Waals surface area contributed by atoms with E-state index in [1.807, 2.05) is 18.2 Å². The van der Waals surface area contributed by atoms with Crippen LogP contribution in [0.15, 0.2) is 42.5 Å². The van der Waals surface area contributed by atoms with E-state index in [0.29, 0.717) is 16.8 Å². The van der Waals surface area contributed by atoms with E-state index in [1.54, 1.807) is 25.1 Å². The summed E-state index contributed by atoms with van der Waals surface area (Å²) < 4.78 is 14.4. The molecule has 2 rings (SSSR count). The van der Waals surface area contributed by atoms with Crippen LogP contribution in [0.5, 0.6) is 0 Å². The number of hydrogen-bond acceptors (Lipinski definition) is 1. The normalized spacial score (nSPS) is 10.2. The summed E-state index contributed by atoms with van der Waals surface area (Å²) in [4.78, 5) is 11.9. The fourth-order valence-corrected chi connectivity index (χ4v) is 2.05. The van der Waals surface area contributed by atoms with E-state index in [9.17, 15) is 9.18 Å². The highest BCUT2D eigenvalue weighted by Crippen LogP contribution is 2.15. The smallest absolute Gasteiger partial charge is 0.255 e. The minimum atomic E-state index is -0.370. The van der Waals surface area contributed by atoms with E-state index in [0.717, 1.165) is 3.57 Å². The van der Waals surface area contributed by atoms with Gasteiger partial charge in [0.1, 0.15) is 5.82 Å². The van der Waals surface area contributed by atoms with Crippen LogP contribution in [-0.2, 0) is 0 Å². The van der Waals surface area contributed by atoms with Gasteiger partial charge in [0.05, 0.1) is 0 Å². The maximum atomic E-state index is 13.4. The van der Waals surface area contributed by atoms with Crippen LogP contribution in [0.4, 0.5) is 10.1 Å². The maximum absolute atomic E-state index is 13.4. The third-order valence-corrected chi connectivity index (χ3v) is 3.19. The molecular weight excluding hydrogens is 344 g/mol. The van der Waals surface area contributed by atoms with Gasteiger partial charge in [-0.2, -0.15) is 0 Å². The van der Waals surface area contributed by atoms with Crippen molar-refractivity contribution >= 4 is 34.2 Å². The number of nitrogens with one attached hydrogen (secondary N) is 1. The number of aryl methyl sites for hydroxylation is 1. The van der Waals surface area contributed by atoms with Gasteiger partial charge in [-0.05, 0) is 65.4 Å². The molecule has 0 saturated carbocycles. The summed E-state index contributed by atoms with van der Waals surface area (Å²) in [5, 5.41) is 2.74. The second kappa shape index (κ2) is 5.48. The average molecular weight is 355 g/mol. The molecule has 0 atom stereocenters. The fourth-order valence-electron chi connectivity index (χ4n) is 1.50. The van der Waals surface area contributed by atoms with Crippen LogP contribution in [-0.4, -0.2) is 5.91 Å². The second-order valence-corrected chi connectivity index (χ2v) is 5.17. The minimum absolute atomic E-state index is 0.309. The Morgan fingerprint density at radius 1 is 1.22 bits per heavy atom. The topological polar surface area (TPSA) is 29.1 Å². The second-order valence-electron chi connectivity index (χ2n) is 3.93. The van der Waals surface area contributed by atoms with Crippen molar-refractivity contribution in [1.29, 1.82) is 0 Å². The summed E-state index contributed by atoms with van der Waals surface area (Å²) in [6.45, 7) is 1.66. The molecule has 0 heterocycles. The molecule has 2 aromatic carbocycles. The van der Waals surface area contributed by atoms with Crippen LogP contribution < -0.4 is 5.32 Å². The Kier molecular flexibility index (Phi) is 3.96. The minimum Gasteiger partial charge on any atom is -0.322 e. The van der Waals surface area contributed by atoms with Gasteiger partial charge in [-0.15, -0.1) is 0 Å². The molecular formula is C14H11FINO. The quantitative estimate of drug-likeness (QED) is 0.811. The molecule has 4 heteroatoms. The van der Waals surface area contributed by atoms with E-state index in [2.05, 4.69) is 27.9 Å². The number of carbonyl (C=O) groups excluding carboxylic acids is 1. The van der Waals surface area contributed by atoms with Gasteiger partial charge in [0, 0.05) is 14.8 Å². The predicted octanol–water partition coefficient (Wildman–Crippen LogP) is 3.99. The first-order valence-electron chi connectivity index (χ1n) is 5.39. The van der Waals surface area contributed by atoms with Crippen molar-refractivity contribution in [2.24, 2.45) is 0 Å². The molecule has 0 unspecified atom stereocenters. The molecule has 0 aliphatic heterocycles. The number of carbonyl (C=O) groups is 1. The number of halogens is 2. The fraction of sp³-hybridized carbons (Fsp3) is 0.0714. The van der Waals surface area contributed by atoms with Crippen LogP contribution in [0.1, 0.15) is 15.9 Å². The molecule has 0 saturated heterocycles. The molecule has 1 N–H and O–H groups in total. The van der Waals surface area contributed by atoms with Gasteiger partial charge in [-0.25, -0.2) is 4.39 Å². The number of anilines is 1. The number of rotatable bonds is 2. The first-order chi connectivity index (χ1) is 8.56. The van der Waals surface area contributed by atoms with Crippen molar-refractivity contribution in [3.8, 4) is 0 Å². The zero-order chi connectivity index (χ0) is 13.1. The van der Waals surface area contributed by atoms with Crippen molar-refractivity contribution in [2.45, 2.75) is 6.92 Å². The van der Waals surface area contributed by atoms with Crippen LogP contribution in [0, 0.1) is 16.3 Å². The Balaban J connectivity index is 2.19. The van der Waals surface area contributed by atoms with Gasteiger partial charge in [0.25, 0.3) is 5.91 Å². The molecule has 92 valence electrons. The van der Waals surface area contributed by atoms with Crippen molar-refractivity contribution in [3.05, 3.63) is 63.0 Å². The molecule has 0 spiro atoms. The zero-order valence-electron chi connectivity index (χ0n) is 9.71. The lowest BCUT2D eigenvalue weighted by Crippen LogP contribution is -2.12. The standard InChI is InChI=1S/C14H11FINO/c1-9-5-6-10(7-13(9)15)14(18)17-12-4-2-3-11(16)8-12/h2-8H,1H3,(H,17,18). The summed E-state index contributed by atoms with van der Waals surface area (Å²) >= 11 is 2.17. The summed E-state index contributed by atoms with van der Waals surface area (Å²) in [7, 11) is 0. The third kappa shape index (κ3) is 3.07. The lowest BCUT2D eigenvalue weighted by molar-refractivity contribution is 0.102. The molecule has 0 aliphatic rings. The zero-order valence-corrected chi connectivity index (χ0v) is 11.9. The number of hydrogen-bond donors (Lipinski definition) is 1. The summed E-state index contributed by atoms with van der Waals surface area (Å²) in [6, 6.07) is 11.9. The Morgan fingerprint density at radius 2 is 2.00 bits per heavy atom. The van der Waals surface area contributed by atoms with Crippen molar-refractivity contribution in [2.75, 3.05) is 5.32 Å². The summed E-state index contributed by atoms with van der Waals surface area (Å²) in [5.74, 6) is -0.679. The SMILES string of the molecule is Cc1ccc(C(=O)Nc2cccc(I)c2)cc1F. The van der Waals surface area contributed by atoms with E-state index < -0.39 is 0 Å². The van der Waals surface area contributed by atoms with Crippen molar-refractivity contribution < 1.29 is 9.18 Å². The lowest BCUT2D eigenvalue weighted by atomic mass is 10.1. The highest BCUT2D eigenvalue weighted by atomic mass is 127. The van der Waals surface area contributed by atoms with E-state index in [1.165, 1.54) is 6.07 Å². The highest BCUT2D eigenvalue weighted by molar-refractivity contribution is 14.1. The van der Waals surface area contributed by atoms with Gasteiger partial charge >= 0.3 is 0 Å². The van der Waals surface area contributed by atoms with Gasteiger partial charge in [0.15, 0.2) is 0 Å². The summed E-state index contributed by atoms with van der Waals surface area (Å²) in [5.41, 5.74) is 1.55. The molecule has 2 aromatic rings. The molecule has 18 heavy (non-hydrogen) atoms. The van der Waals surface area contributed by atoms with E-state index >= 15 is 0 Å². The molecule has 0 aromatic heterocycles. The Labute approximate surface area is 118 Å². The largest absolute Gasteiger partial charge is 0.322 e. The molecule has 0 radical (unpaired) electrons.